The van der Waals surface area contributed by atoms with Crippen LogP contribution < -0.4 is 5.32 Å². The van der Waals surface area contributed by atoms with Crippen LogP contribution in [0.1, 0.15) is 26.1 Å². The van der Waals surface area contributed by atoms with Gasteiger partial charge in [0.05, 0.1) is 0 Å². The number of aromatic nitrogens is 2. The third-order valence-electron chi connectivity index (χ3n) is 1.86. The van der Waals surface area contributed by atoms with Crippen molar-refractivity contribution in [3.8, 4) is 0 Å². The molecule has 1 heterocycles. The maximum absolute atomic E-state index is 4.61. The molecule has 0 aliphatic heterocycles. The van der Waals surface area contributed by atoms with Crippen molar-refractivity contribution in [2.45, 2.75) is 32.7 Å². The van der Waals surface area contributed by atoms with Gasteiger partial charge in [0.2, 0.25) is 6.39 Å². The number of hydrogen-bond acceptors (Lipinski definition) is 4. The fraction of sp³-hybridized carbons (Fsp3) is 0.750. The smallest absolute Gasteiger partial charge is 0.213 e. The highest BCUT2D eigenvalue weighted by molar-refractivity contribution is 4.78. The summed E-state index contributed by atoms with van der Waals surface area (Å²) in [7, 11) is 0. The van der Waals surface area contributed by atoms with Gasteiger partial charge < -0.3 is 9.84 Å². The van der Waals surface area contributed by atoms with Crippen LogP contribution >= 0.6 is 0 Å². The molecular formula is C8H15N3O. The van der Waals surface area contributed by atoms with Gasteiger partial charge in [-0.05, 0) is 13.3 Å². The number of rotatable bonds is 5. The van der Waals surface area contributed by atoms with Gasteiger partial charge in [-0.1, -0.05) is 12.1 Å². The molecule has 1 aromatic rings. The first-order chi connectivity index (χ1) is 5.83. The highest BCUT2D eigenvalue weighted by Gasteiger charge is 1.99. The van der Waals surface area contributed by atoms with Crippen LogP contribution in [0.15, 0.2) is 10.9 Å². The molecule has 0 amide bonds. The maximum atomic E-state index is 4.61. The number of nitrogens with zero attached hydrogens (tertiary/aromatic N) is 2. The molecule has 0 bridgehead atoms. The molecule has 0 aliphatic rings. The monoisotopic (exact) mass is 169 g/mol. The first-order valence-corrected chi connectivity index (χ1v) is 4.31. The fourth-order valence-electron chi connectivity index (χ4n) is 0.877. The lowest BCUT2D eigenvalue weighted by atomic mass is 10.2. The van der Waals surface area contributed by atoms with Crippen LogP contribution in [0.2, 0.25) is 0 Å². The zero-order chi connectivity index (χ0) is 8.81. The van der Waals surface area contributed by atoms with Gasteiger partial charge in [0, 0.05) is 19.0 Å². The average Bonchev–Trinajstić information content (AvgIpc) is 2.57. The standard InChI is InChI=1S/C8H15N3O/c1-3-7(2)9-5-4-8-10-6-12-11-8/h6-7,9H,3-5H2,1-2H3. The van der Waals surface area contributed by atoms with Crippen molar-refractivity contribution in [1.82, 2.24) is 15.5 Å². The molecule has 1 aromatic heterocycles. The van der Waals surface area contributed by atoms with Gasteiger partial charge in [-0.2, -0.15) is 4.98 Å². The van der Waals surface area contributed by atoms with Crippen LogP contribution in [-0.2, 0) is 6.42 Å². The van der Waals surface area contributed by atoms with E-state index in [9.17, 15) is 0 Å². The fourth-order valence-corrected chi connectivity index (χ4v) is 0.877. The first-order valence-electron chi connectivity index (χ1n) is 4.31. The predicted molar refractivity (Wildman–Crippen MR) is 45.8 cm³/mol. The van der Waals surface area contributed by atoms with Crippen molar-refractivity contribution in [1.29, 1.82) is 0 Å². The molecule has 0 spiro atoms. The minimum atomic E-state index is 0.567. The molecule has 0 radical (unpaired) electrons. The van der Waals surface area contributed by atoms with E-state index in [4.69, 9.17) is 0 Å². The maximum Gasteiger partial charge on any atom is 0.213 e. The summed E-state index contributed by atoms with van der Waals surface area (Å²) in [6.07, 6.45) is 3.34. The highest BCUT2D eigenvalue weighted by Crippen LogP contribution is 1.91. The summed E-state index contributed by atoms with van der Waals surface area (Å²) >= 11 is 0. The summed E-state index contributed by atoms with van der Waals surface area (Å²) in [5.74, 6) is 0.769. The van der Waals surface area contributed by atoms with Crippen molar-refractivity contribution in [2.75, 3.05) is 6.54 Å². The topological polar surface area (TPSA) is 51.0 Å². The first kappa shape index (κ1) is 9.19. The molecule has 12 heavy (non-hydrogen) atoms. The summed E-state index contributed by atoms with van der Waals surface area (Å²) in [4.78, 5) is 3.92. The Hall–Kier alpha value is -0.900. The normalized spacial score (nSPS) is 13.2. The van der Waals surface area contributed by atoms with Gasteiger partial charge >= 0.3 is 0 Å². The van der Waals surface area contributed by atoms with E-state index in [0.717, 1.165) is 25.2 Å². The summed E-state index contributed by atoms with van der Waals surface area (Å²) < 4.78 is 4.61. The van der Waals surface area contributed by atoms with Gasteiger partial charge in [-0.25, -0.2) is 0 Å². The Labute approximate surface area is 72.4 Å². The zero-order valence-corrected chi connectivity index (χ0v) is 7.58. The minimum absolute atomic E-state index is 0.567. The molecule has 1 rings (SSSR count). The SMILES string of the molecule is CCC(C)NCCc1ncon1. The second-order valence-electron chi connectivity index (χ2n) is 2.86. The van der Waals surface area contributed by atoms with E-state index >= 15 is 0 Å². The molecule has 0 aromatic carbocycles. The largest absolute Gasteiger partial charge is 0.343 e. The lowest BCUT2D eigenvalue weighted by molar-refractivity contribution is 0.408. The van der Waals surface area contributed by atoms with Crippen LogP contribution in [-0.4, -0.2) is 22.7 Å². The van der Waals surface area contributed by atoms with Crippen LogP contribution in [0.4, 0.5) is 0 Å². The Morgan fingerprint density at radius 3 is 3.08 bits per heavy atom. The summed E-state index contributed by atoms with van der Waals surface area (Å²) in [6.45, 7) is 5.23. The highest BCUT2D eigenvalue weighted by atomic mass is 16.5. The Bertz CT molecular complexity index is 198. The Morgan fingerprint density at radius 1 is 1.67 bits per heavy atom. The Kier molecular flexibility index (Phi) is 3.73. The van der Waals surface area contributed by atoms with Crippen LogP contribution in [0, 0.1) is 0 Å². The molecule has 1 atom stereocenters. The van der Waals surface area contributed by atoms with Crippen LogP contribution in [0.25, 0.3) is 0 Å². The third kappa shape index (κ3) is 3.00. The van der Waals surface area contributed by atoms with Crippen molar-refractivity contribution < 1.29 is 4.52 Å². The molecule has 0 saturated carbocycles. The van der Waals surface area contributed by atoms with Crippen molar-refractivity contribution in [3.05, 3.63) is 12.2 Å². The van der Waals surface area contributed by atoms with Gasteiger partial charge in [-0.15, -0.1) is 0 Å². The second kappa shape index (κ2) is 4.87. The Balaban J connectivity index is 2.11. The average molecular weight is 169 g/mol. The summed E-state index contributed by atoms with van der Waals surface area (Å²) in [5, 5.41) is 7.06. The lowest BCUT2D eigenvalue weighted by Crippen LogP contribution is -2.27. The summed E-state index contributed by atoms with van der Waals surface area (Å²) in [5.41, 5.74) is 0. The minimum Gasteiger partial charge on any atom is -0.343 e. The van der Waals surface area contributed by atoms with Gasteiger partial charge in [0.1, 0.15) is 0 Å². The molecule has 0 saturated heterocycles. The van der Waals surface area contributed by atoms with E-state index in [1.54, 1.807) is 0 Å². The molecule has 4 heteroatoms. The molecule has 68 valence electrons. The van der Waals surface area contributed by atoms with E-state index in [0.29, 0.717) is 6.04 Å². The van der Waals surface area contributed by atoms with E-state index < -0.39 is 0 Å². The van der Waals surface area contributed by atoms with E-state index in [-0.39, 0.29) is 0 Å². The number of hydrogen-bond donors (Lipinski definition) is 1. The predicted octanol–water partition coefficient (Wildman–Crippen LogP) is 1.00. The van der Waals surface area contributed by atoms with Gasteiger partial charge in [0.15, 0.2) is 5.82 Å². The number of nitrogens with one attached hydrogen (secondary N) is 1. The van der Waals surface area contributed by atoms with E-state index in [2.05, 4.69) is 33.8 Å². The third-order valence-corrected chi connectivity index (χ3v) is 1.86. The molecule has 1 N–H and O–H groups in total. The van der Waals surface area contributed by atoms with Crippen LogP contribution in [0.3, 0.4) is 0 Å². The van der Waals surface area contributed by atoms with Crippen molar-refractivity contribution in [2.24, 2.45) is 0 Å². The van der Waals surface area contributed by atoms with Crippen molar-refractivity contribution >= 4 is 0 Å². The molecular weight excluding hydrogens is 154 g/mol. The molecule has 1 unspecified atom stereocenters. The van der Waals surface area contributed by atoms with E-state index in [1.807, 2.05) is 0 Å². The van der Waals surface area contributed by atoms with Crippen molar-refractivity contribution in [3.63, 3.8) is 0 Å². The van der Waals surface area contributed by atoms with Gasteiger partial charge in [0.25, 0.3) is 0 Å². The Morgan fingerprint density at radius 2 is 2.50 bits per heavy atom. The molecule has 4 nitrogen and oxygen atoms in total. The van der Waals surface area contributed by atoms with Crippen LogP contribution in [0.5, 0.6) is 0 Å². The summed E-state index contributed by atoms with van der Waals surface area (Å²) in [6, 6.07) is 0.567. The second-order valence-corrected chi connectivity index (χ2v) is 2.86. The zero-order valence-electron chi connectivity index (χ0n) is 7.58. The lowest BCUT2D eigenvalue weighted by Gasteiger charge is -2.08. The molecule has 0 aliphatic carbocycles. The van der Waals surface area contributed by atoms with E-state index in [1.165, 1.54) is 6.39 Å². The van der Waals surface area contributed by atoms with Gasteiger partial charge in [-0.3, -0.25) is 0 Å². The molecule has 0 fully saturated rings. The quantitative estimate of drug-likeness (QED) is 0.714.